The predicted molar refractivity (Wildman–Crippen MR) is 86.8 cm³/mol. The van der Waals surface area contributed by atoms with E-state index in [2.05, 4.69) is 32.3 Å². The monoisotopic (exact) mass is 314 g/mol. The quantitative estimate of drug-likeness (QED) is 0.825. The van der Waals surface area contributed by atoms with Crippen LogP contribution in [0.3, 0.4) is 0 Å². The predicted octanol–water partition coefficient (Wildman–Crippen LogP) is 0.730. The van der Waals surface area contributed by atoms with Gasteiger partial charge in [-0.1, -0.05) is 30.3 Å². The van der Waals surface area contributed by atoms with Gasteiger partial charge >= 0.3 is 0 Å². The minimum Gasteiger partial charge on any atom is -0.366 e. The molecule has 6 heteroatoms. The number of imidazole rings is 1. The fourth-order valence-corrected chi connectivity index (χ4v) is 2.62. The molecule has 2 N–H and O–H groups in total. The van der Waals surface area contributed by atoms with Crippen LogP contribution < -0.4 is 10.6 Å². The second-order valence-electron chi connectivity index (χ2n) is 5.55. The van der Waals surface area contributed by atoms with Crippen molar-refractivity contribution in [3.8, 4) is 0 Å². The molecule has 1 aliphatic heterocycles. The summed E-state index contributed by atoms with van der Waals surface area (Å²) in [7, 11) is 0. The molecular weight excluding hydrogens is 292 g/mol. The number of aromatic nitrogens is 2. The Morgan fingerprint density at radius 1 is 1.39 bits per heavy atom. The average molecular weight is 314 g/mol. The van der Waals surface area contributed by atoms with Crippen molar-refractivity contribution in [3.05, 3.63) is 54.1 Å². The lowest BCUT2D eigenvalue weighted by Crippen LogP contribution is -2.47. The zero-order valence-corrected chi connectivity index (χ0v) is 13.1. The van der Waals surface area contributed by atoms with Gasteiger partial charge in [0.1, 0.15) is 11.9 Å². The maximum absolute atomic E-state index is 12.1. The smallest absolute Gasteiger partial charge is 0.250 e. The van der Waals surface area contributed by atoms with Gasteiger partial charge in [-0.2, -0.15) is 0 Å². The van der Waals surface area contributed by atoms with E-state index in [0.29, 0.717) is 19.7 Å². The van der Waals surface area contributed by atoms with Gasteiger partial charge < -0.3 is 19.9 Å². The van der Waals surface area contributed by atoms with Crippen molar-refractivity contribution in [2.45, 2.75) is 25.6 Å². The van der Waals surface area contributed by atoms with E-state index in [9.17, 15) is 4.79 Å². The van der Waals surface area contributed by atoms with Crippen LogP contribution in [0.5, 0.6) is 0 Å². The highest BCUT2D eigenvalue weighted by molar-refractivity contribution is 5.81. The molecule has 0 saturated carbocycles. The summed E-state index contributed by atoms with van der Waals surface area (Å²) in [5.74, 6) is 0.771. The number of hydrogen-bond donors (Lipinski definition) is 2. The molecule has 1 aromatic carbocycles. The highest BCUT2D eigenvalue weighted by Crippen LogP contribution is 2.05. The Balaban J connectivity index is 1.51. The van der Waals surface area contributed by atoms with Crippen molar-refractivity contribution >= 4 is 5.91 Å². The summed E-state index contributed by atoms with van der Waals surface area (Å²) in [4.78, 5) is 16.4. The number of benzene rings is 1. The van der Waals surface area contributed by atoms with Crippen LogP contribution in [-0.2, 0) is 29.0 Å². The van der Waals surface area contributed by atoms with Gasteiger partial charge in [-0.3, -0.25) is 4.79 Å². The molecule has 1 aliphatic rings. The van der Waals surface area contributed by atoms with Crippen LogP contribution in [0, 0.1) is 0 Å². The molecule has 3 rings (SSSR count). The van der Waals surface area contributed by atoms with Crippen LogP contribution in [0.4, 0.5) is 0 Å². The number of ether oxygens (including phenoxy) is 1. The van der Waals surface area contributed by atoms with Gasteiger partial charge in [0.15, 0.2) is 0 Å². The molecular formula is C17H22N4O2. The molecule has 122 valence electrons. The first kappa shape index (κ1) is 15.7. The fourth-order valence-electron chi connectivity index (χ4n) is 2.62. The first-order chi connectivity index (χ1) is 11.3. The molecule has 1 fully saturated rings. The standard InChI is InChI=1S/C17H22N4O2/c22-17(15-12-18-8-11-23-15)20-13-16-19-7-10-21(16)9-6-14-4-2-1-3-5-14/h1-5,7,10,15,18H,6,8-9,11-13H2,(H,20,22). The Morgan fingerprint density at radius 3 is 3.04 bits per heavy atom. The lowest BCUT2D eigenvalue weighted by Gasteiger charge is -2.22. The molecule has 0 radical (unpaired) electrons. The van der Waals surface area contributed by atoms with Crippen LogP contribution in [0.15, 0.2) is 42.7 Å². The maximum Gasteiger partial charge on any atom is 0.250 e. The Bertz CT molecular complexity index is 621. The number of nitrogens with one attached hydrogen (secondary N) is 2. The molecule has 2 aromatic rings. The van der Waals surface area contributed by atoms with Gasteiger partial charge in [0.2, 0.25) is 0 Å². The topological polar surface area (TPSA) is 68.2 Å². The summed E-state index contributed by atoms with van der Waals surface area (Å²) in [6.07, 6.45) is 4.25. The van der Waals surface area contributed by atoms with E-state index in [0.717, 1.165) is 25.3 Å². The zero-order valence-electron chi connectivity index (χ0n) is 13.1. The molecule has 23 heavy (non-hydrogen) atoms. The molecule has 0 spiro atoms. The van der Waals surface area contributed by atoms with Crippen molar-refractivity contribution in [3.63, 3.8) is 0 Å². The van der Waals surface area contributed by atoms with E-state index in [4.69, 9.17) is 4.74 Å². The van der Waals surface area contributed by atoms with Crippen LogP contribution in [0.25, 0.3) is 0 Å². The third-order valence-corrected chi connectivity index (χ3v) is 3.93. The molecule has 1 saturated heterocycles. The van der Waals surface area contributed by atoms with Crippen molar-refractivity contribution in [1.82, 2.24) is 20.2 Å². The largest absolute Gasteiger partial charge is 0.366 e. The minimum atomic E-state index is -0.406. The molecule has 0 bridgehead atoms. The van der Waals surface area contributed by atoms with E-state index in [-0.39, 0.29) is 5.91 Å². The molecule has 1 unspecified atom stereocenters. The highest BCUT2D eigenvalue weighted by Gasteiger charge is 2.21. The van der Waals surface area contributed by atoms with Gasteiger partial charge in [-0.05, 0) is 12.0 Å². The number of aryl methyl sites for hydroxylation is 2. The van der Waals surface area contributed by atoms with Crippen LogP contribution in [0.2, 0.25) is 0 Å². The number of amides is 1. The lowest BCUT2D eigenvalue weighted by molar-refractivity contribution is -0.134. The first-order valence-corrected chi connectivity index (χ1v) is 7.97. The van der Waals surface area contributed by atoms with Crippen molar-refractivity contribution in [2.24, 2.45) is 0 Å². The van der Waals surface area contributed by atoms with Crippen molar-refractivity contribution in [1.29, 1.82) is 0 Å². The number of carbonyl (C=O) groups is 1. The average Bonchev–Trinajstić information content (AvgIpc) is 3.07. The molecule has 1 amide bonds. The van der Waals surface area contributed by atoms with Gasteiger partial charge in [-0.15, -0.1) is 0 Å². The number of hydrogen-bond acceptors (Lipinski definition) is 4. The summed E-state index contributed by atoms with van der Waals surface area (Å²) in [6.45, 7) is 3.20. The van der Waals surface area contributed by atoms with E-state index in [1.807, 2.05) is 24.4 Å². The number of morpholine rings is 1. The Labute approximate surface area is 135 Å². The second-order valence-corrected chi connectivity index (χ2v) is 5.55. The Morgan fingerprint density at radius 2 is 2.26 bits per heavy atom. The SMILES string of the molecule is O=C(NCc1nccn1CCc1ccccc1)C1CNCCO1. The van der Waals surface area contributed by atoms with E-state index < -0.39 is 6.10 Å². The summed E-state index contributed by atoms with van der Waals surface area (Å²) in [5.41, 5.74) is 1.29. The number of carbonyl (C=O) groups excluding carboxylic acids is 1. The molecule has 2 heterocycles. The van der Waals surface area contributed by atoms with E-state index >= 15 is 0 Å². The Hall–Kier alpha value is -2.18. The number of rotatable bonds is 6. The third kappa shape index (κ3) is 4.40. The normalized spacial score (nSPS) is 17.8. The fraction of sp³-hybridized carbons (Fsp3) is 0.412. The molecule has 6 nitrogen and oxygen atoms in total. The van der Waals surface area contributed by atoms with Crippen LogP contribution in [0.1, 0.15) is 11.4 Å². The third-order valence-electron chi connectivity index (χ3n) is 3.93. The minimum absolute atomic E-state index is 0.0881. The first-order valence-electron chi connectivity index (χ1n) is 7.97. The Kier molecular flexibility index (Phi) is 5.39. The van der Waals surface area contributed by atoms with E-state index in [1.54, 1.807) is 6.20 Å². The molecule has 1 atom stereocenters. The summed E-state index contributed by atoms with van der Waals surface area (Å²) in [5, 5.41) is 6.06. The van der Waals surface area contributed by atoms with Gasteiger partial charge in [0.25, 0.3) is 5.91 Å². The van der Waals surface area contributed by atoms with Gasteiger partial charge in [0, 0.05) is 32.0 Å². The van der Waals surface area contributed by atoms with Gasteiger partial charge in [-0.25, -0.2) is 4.98 Å². The highest BCUT2D eigenvalue weighted by atomic mass is 16.5. The van der Waals surface area contributed by atoms with Gasteiger partial charge in [0.05, 0.1) is 13.2 Å². The van der Waals surface area contributed by atoms with Crippen molar-refractivity contribution < 1.29 is 9.53 Å². The summed E-state index contributed by atoms with van der Waals surface area (Å²) >= 11 is 0. The van der Waals surface area contributed by atoms with Crippen LogP contribution in [-0.4, -0.2) is 41.3 Å². The zero-order chi connectivity index (χ0) is 15.9. The van der Waals surface area contributed by atoms with Crippen LogP contribution >= 0.6 is 0 Å². The van der Waals surface area contributed by atoms with Crippen molar-refractivity contribution in [2.75, 3.05) is 19.7 Å². The molecule has 0 aliphatic carbocycles. The lowest BCUT2D eigenvalue weighted by atomic mass is 10.1. The second kappa shape index (κ2) is 7.89. The maximum atomic E-state index is 12.1. The summed E-state index contributed by atoms with van der Waals surface area (Å²) < 4.78 is 7.52. The van der Waals surface area contributed by atoms with E-state index in [1.165, 1.54) is 5.56 Å². The number of nitrogens with zero attached hydrogens (tertiary/aromatic N) is 2. The summed E-state index contributed by atoms with van der Waals surface area (Å²) in [6, 6.07) is 10.3. The molecule has 1 aromatic heterocycles.